The maximum Gasteiger partial charge on any atom is 0.274 e. The van der Waals surface area contributed by atoms with Gasteiger partial charge in [0.25, 0.3) is 5.56 Å². The van der Waals surface area contributed by atoms with Gasteiger partial charge >= 0.3 is 0 Å². The number of benzene rings is 1. The number of rotatable bonds is 3. The maximum absolute atomic E-state index is 12.1. The zero-order valence-electron chi connectivity index (χ0n) is 16.1. The molecule has 2 N–H and O–H groups in total. The van der Waals surface area contributed by atoms with Crippen molar-refractivity contribution in [3.63, 3.8) is 0 Å². The highest BCUT2D eigenvalue weighted by Crippen LogP contribution is 2.22. The van der Waals surface area contributed by atoms with Crippen LogP contribution in [0, 0.1) is 0 Å². The molecule has 2 aromatic rings. The zero-order chi connectivity index (χ0) is 18.8. The lowest BCUT2D eigenvalue weighted by Gasteiger charge is -2.19. The number of nitrogens with zero attached hydrogens (tertiary/aromatic N) is 3. The molecule has 0 saturated heterocycles. The van der Waals surface area contributed by atoms with E-state index in [4.69, 9.17) is 0 Å². The number of hydrazone groups is 1. The van der Waals surface area contributed by atoms with Gasteiger partial charge in [0.2, 0.25) is 5.95 Å². The van der Waals surface area contributed by atoms with Crippen molar-refractivity contribution >= 4 is 11.7 Å². The summed E-state index contributed by atoms with van der Waals surface area (Å²) in [5.41, 5.74) is 5.74. The van der Waals surface area contributed by atoms with Crippen LogP contribution in [0.5, 0.6) is 0 Å². The Morgan fingerprint density at radius 2 is 1.60 bits per heavy atom. The topological polar surface area (TPSA) is 83.0 Å². The summed E-state index contributed by atoms with van der Waals surface area (Å²) in [7, 11) is 0. The summed E-state index contributed by atoms with van der Waals surface area (Å²) < 4.78 is 0. The van der Waals surface area contributed by atoms with E-state index in [2.05, 4.69) is 58.6 Å². The lowest BCUT2D eigenvalue weighted by Crippen LogP contribution is -2.28. The predicted octanol–water partition coefficient (Wildman–Crippen LogP) is 3.60. The van der Waals surface area contributed by atoms with Crippen molar-refractivity contribution in [1.82, 2.24) is 15.2 Å². The molecule has 134 valence electrons. The average Bonchev–Trinajstić information content (AvgIpc) is 2.50. The van der Waals surface area contributed by atoms with Crippen LogP contribution in [0.2, 0.25) is 0 Å². The second-order valence-electron chi connectivity index (χ2n) is 8.24. The first kappa shape index (κ1) is 18.8. The van der Waals surface area contributed by atoms with Crippen molar-refractivity contribution in [1.29, 1.82) is 0 Å². The van der Waals surface area contributed by atoms with Crippen molar-refractivity contribution in [3.8, 4) is 0 Å². The highest BCUT2D eigenvalue weighted by Gasteiger charge is 2.20. The summed E-state index contributed by atoms with van der Waals surface area (Å²) in [5, 5.41) is 12.3. The van der Waals surface area contributed by atoms with E-state index in [0.717, 1.165) is 11.3 Å². The minimum Gasteiger partial charge on any atom is -0.288 e. The van der Waals surface area contributed by atoms with E-state index in [1.807, 2.05) is 39.8 Å². The van der Waals surface area contributed by atoms with Crippen molar-refractivity contribution in [2.24, 2.45) is 5.10 Å². The number of aromatic amines is 1. The average molecular weight is 341 g/mol. The molecule has 25 heavy (non-hydrogen) atoms. The zero-order valence-corrected chi connectivity index (χ0v) is 16.1. The van der Waals surface area contributed by atoms with Crippen LogP contribution >= 0.6 is 0 Å². The fraction of sp³-hybridized carbons (Fsp3) is 0.474. The molecule has 1 aromatic heterocycles. The molecule has 0 spiro atoms. The highest BCUT2D eigenvalue weighted by atomic mass is 16.1. The molecule has 1 aromatic carbocycles. The third kappa shape index (κ3) is 4.75. The summed E-state index contributed by atoms with van der Waals surface area (Å²) in [5.74, 6) is 0.226. The molecule has 0 aliphatic rings. The van der Waals surface area contributed by atoms with Gasteiger partial charge in [0.05, 0.1) is 5.71 Å². The van der Waals surface area contributed by atoms with Gasteiger partial charge in [-0.05, 0) is 23.5 Å². The first-order valence-corrected chi connectivity index (χ1v) is 8.37. The van der Waals surface area contributed by atoms with Gasteiger partial charge in [0.1, 0.15) is 5.69 Å². The molecule has 0 amide bonds. The Bertz CT molecular complexity index is 821. The summed E-state index contributed by atoms with van der Waals surface area (Å²) in [6, 6.07) is 8.29. The normalized spacial score (nSPS) is 13.0. The Morgan fingerprint density at radius 1 is 1.00 bits per heavy atom. The third-order valence-corrected chi connectivity index (χ3v) is 3.91. The Hall–Kier alpha value is -2.50. The maximum atomic E-state index is 12.1. The second kappa shape index (κ2) is 6.78. The van der Waals surface area contributed by atoms with Gasteiger partial charge < -0.3 is 0 Å². The molecule has 2 rings (SSSR count). The Labute approximate surface area is 148 Å². The van der Waals surface area contributed by atoms with Crippen molar-refractivity contribution in [2.45, 2.75) is 59.3 Å². The highest BCUT2D eigenvalue weighted by molar-refractivity contribution is 5.99. The molecule has 0 saturated carbocycles. The van der Waals surface area contributed by atoms with Gasteiger partial charge in [-0.2, -0.15) is 5.10 Å². The molecule has 0 unspecified atom stereocenters. The quantitative estimate of drug-likeness (QED) is 0.660. The first-order chi connectivity index (χ1) is 11.5. The number of aromatic nitrogens is 3. The minimum atomic E-state index is -0.354. The molecule has 0 fully saturated rings. The standard InChI is InChI=1S/C19H27N5O/c1-12(13-8-10-14(11-9-13)18(2,3)4)21-23-17-20-16(25)15(22-24-17)19(5,6)7/h8-11H,1-7H3,(H2,20,23,24,25)/b21-12+. The largest absolute Gasteiger partial charge is 0.288 e. The number of H-pyrrole nitrogens is 1. The van der Waals surface area contributed by atoms with Crippen LogP contribution < -0.4 is 11.0 Å². The van der Waals surface area contributed by atoms with Crippen molar-refractivity contribution in [2.75, 3.05) is 5.43 Å². The van der Waals surface area contributed by atoms with Crippen LogP contribution in [0.15, 0.2) is 34.2 Å². The number of anilines is 1. The second-order valence-corrected chi connectivity index (χ2v) is 8.24. The van der Waals surface area contributed by atoms with Crippen LogP contribution in [0.3, 0.4) is 0 Å². The molecular weight excluding hydrogens is 314 g/mol. The van der Waals surface area contributed by atoms with Crippen LogP contribution in [-0.4, -0.2) is 20.9 Å². The van der Waals surface area contributed by atoms with Crippen molar-refractivity contribution in [3.05, 3.63) is 51.4 Å². The molecule has 0 aliphatic carbocycles. The molecule has 0 aliphatic heterocycles. The minimum absolute atomic E-state index is 0.117. The third-order valence-electron chi connectivity index (χ3n) is 3.91. The van der Waals surface area contributed by atoms with Crippen LogP contribution in [0.25, 0.3) is 0 Å². The van der Waals surface area contributed by atoms with Gasteiger partial charge in [-0.1, -0.05) is 65.8 Å². The first-order valence-electron chi connectivity index (χ1n) is 8.37. The SMILES string of the molecule is C/C(=N\Nc1nnc(C(C)(C)C)c(=O)[nH]1)c1ccc(C(C)(C)C)cc1. The lowest BCUT2D eigenvalue weighted by molar-refractivity contribution is 0.547. The van der Waals surface area contributed by atoms with E-state index < -0.39 is 0 Å². The van der Waals surface area contributed by atoms with Gasteiger partial charge in [-0.15, -0.1) is 10.2 Å². The Balaban J connectivity index is 2.16. The van der Waals surface area contributed by atoms with E-state index >= 15 is 0 Å². The fourth-order valence-electron chi connectivity index (χ4n) is 2.29. The van der Waals surface area contributed by atoms with E-state index in [0.29, 0.717) is 5.69 Å². The van der Waals surface area contributed by atoms with E-state index in [1.54, 1.807) is 0 Å². The lowest BCUT2D eigenvalue weighted by atomic mass is 9.86. The monoisotopic (exact) mass is 341 g/mol. The fourth-order valence-corrected chi connectivity index (χ4v) is 2.29. The smallest absolute Gasteiger partial charge is 0.274 e. The van der Waals surface area contributed by atoms with Gasteiger partial charge in [0, 0.05) is 5.41 Å². The molecule has 0 bridgehead atoms. The summed E-state index contributed by atoms with van der Waals surface area (Å²) in [6.07, 6.45) is 0. The van der Waals surface area contributed by atoms with Crippen LogP contribution in [0.4, 0.5) is 5.95 Å². The van der Waals surface area contributed by atoms with Crippen molar-refractivity contribution < 1.29 is 0 Å². The van der Waals surface area contributed by atoms with Gasteiger partial charge in [0.15, 0.2) is 0 Å². The molecule has 0 radical (unpaired) electrons. The van der Waals surface area contributed by atoms with Crippen LogP contribution in [-0.2, 0) is 10.8 Å². The molecular formula is C19H27N5O. The van der Waals surface area contributed by atoms with Gasteiger partial charge in [-0.3, -0.25) is 9.78 Å². The molecule has 6 heteroatoms. The summed E-state index contributed by atoms with van der Waals surface area (Å²) in [4.78, 5) is 14.8. The Kier molecular flexibility index (Phi) is 5.11. The molecule has 0 atom stereocenters. The number of hydrogen-bond acceptors (Lipinski definition) is 5. The molecule has 1 heterocycles. The summed E-state index contributed by atoms with van der Waals surface area (Å²) >= 11 is 0. The predicted molar refractivity (Wildman–Crippen MR) is 102 cm³/mol. The number of hydrogen-bond donors (Lipinski definition) is 2. The van der Waals surface area contributed by atoms with Gasteiger partial charge in [-0.25, -0.2) is 5.43 Å². The van der Waals surface area contributed by atoms with E-state index in [9.17, 15) is 4.79 Å². The molecule has 6 nitrogen and oxygen atoms in total. The summed E-state index contributed by atoms with van der Waals surface area (Å²) in [6.45, 7) is 14.2. The van der Waals surface area contributed by atoms with Crippen LogP contribution in [0.1, 0.15) is 65.3 Å². The number of nitrogens with one attached hydrogen (secondary N) is 2. The van der Waals surface area contributed by atoms with E-state index in [1.165, 1.54) is 5.56 Å². The van der Waals surface area contributed by atoms with E-state index in [-0.39, 0.29) is 22.3 Å². The Morgan fingerprint density at radius 3 is 2.08 bits per heavy atom.